The molecule has 0 spiro atoms. The maximum atomic E-state index is 13.2. The van der Waals surface area contributed by atoms with Crippen LogP contribution in [0, 0.1) is 17.6 Å². The summed E-state index contributed by atoms with van der Waals surface area (Å²) in [6, 6.07) is 4.69. The summed E-state index contributed by atoms with van der Waals surface area (Å²) in [5.74, 6) is -0.823. The van der Waals surface area contributed by atoms with Gasteiger partial charge >= 0.3 is 0 Å². The molecule has 1 amide bonds. The average molecular weight is 332 g/mol. The maximum Gasteiger partial charge on any atom is 0.256 e. The lowest BCUT2D eigenvalue weighted by Crippen LogP contribution is -2.33. The van der Waals surface area contributed by atoms with Gasteiger partial charge in [0.05, 0.1) is 0 Å². The van der Waals surface area contributed by atoms with Crippen molar-refractivity contribution in [2.45, 2.75) is 19.8 Å². The van der Waals surface area contributed by atoms with Crippen molar-refractivity contribution in [2.75, 3.05) is 23.3 Å². The smallest absolute Gasteiger partial charge is 0.256 e. The van der Waals surface area contributed by atoms with Gasteiger partial charge in [-0.3, -0.25) is 4.79 Å². The van der Waals surface area contributed by atoms with Gasteiger partial charge in [0.15, 0.2) is 11.6 Å². The van der Waals surface area contributed by atoms with Crippen molar-refractivity contribution in [1.82, 2.24) is 9.97 Å². The van der Waals surface area contributed by atoms with Crippen LogP contribution in [-0.2, 0) is 0 Å². The molecule has 7 heteroatoms. The number of piperidine rings is 1. The number of nitrogens with zero attached hydrogens (tertiary/aromatic N) is 3. The van der Waals surface area contributed by atoms with Crippen LogP contribution in [-0.4, -0.2) is 29.0 Å². The van der Waals surface area contributed by atoms with E-state index in [1.807, 2.05) is 0 Å². The molecule has 1 aromatic carbocycles. The molecule has 1 aromatic heterocycles. The Kier molecular flexibility index (Phi) is 4.69. The van der Waals surface area contributed by atoms with Gasteiger partial charge in [0, 0.05) is 24.7 Å². The third-order valence-electron chi connectivity index (χ3n) is 4.18. The molecule has 24 heavy (non-hydrogen) atoms. The number of halogens is 2. The second-order valence-corrected chi connectivity index (χ2v) is 6.01. The molecule has 0 atom stereocenters. The minimum atomic E-state index is -1.06. The van der Waals surface area contributed by atoms with Gasteiger partial charge in [-0.05, 0) is 37.0 Å². The Morgan fingerprint density at radius 2 is 1.92 bits per heavy atom. The van der Waals surface area contributed by atoms with Gasteiger partial charge in [-0.15, -0.1) is 0 Å². The van der Waals surface area contributed by atoms with Gasteiger partial charge in [0.25, 0.3) is 5.91 Å². The van der Waals surface area contributed by atoms with Crippen LogP contribution >= 0.6 is 0 Å². The predicted octanol–water partition coefficient (Wildman–Crippen LogP) is 3.24. The highest BCUT2D eigenvalue weighted by atomic mass is 19.2. The van der Waals surface area contributed by atoms with Crippen molar-refractivity contribution >= 4 is 17.5 Å². The van der Waals surface area contributed by atoms with Crippen molar-refractivity contribution in [3.05, 3.63) is 47.8 Å². The molecule has 1 saturated heterocycles. The summed E-state index contributed by atoms with van der Waals surface area (Å²) < 4.78 is 26.2. The second-order valence-electron chi connectivity index (χ2n) is 6.01. The van der Waals surface area contributed by atoms with E-state index in [4.69, 9.17) is 0 Å². The van der Waals surface area contributed by atoms with E-state index in [0.717, 1.165) is 43.9 Å². The molecule has 0 unspecified atom stereocenters. The summed E-state index contributed by atoms with van der Waals surface area (Å²) in [4.78, 5) is 22.5. The van der Waals surface area contributed by atoms with Crippen molar-refractivity contribution in [1.29, 1.82) is 0 Å². The van der Waals surface area contributed by atoms with Crippen molar-refractivity contribution in [3.63, 3.8) is 0 Å². The van der Waals surface area contributed by atoms with Crippen LogP contribution in [0.25, 0.3) is 0 Å². The number of anilines is 2. The van der Waals surface area contributed by atoms with Crippen LogP contribution in [0.15, 0.2) is 30.6 Å². The van der Waals surface area contributed by atoms with Gasteiger partial charge in [-0.25, -0.2) is 18.7 Å². The first-order chi connectivity index (χ1) is 11.5. The molecule has 126 valence electrons. The zero-order valence-electron chi connectivity index (χ0n) is 13.3. The Hall–Kier alpha value is -2.57. The van der Waals surface area contributed by atoms with Crippen LogP contribution in [0.1, 0.15) is 30.1 Å². The molecule has 0 aliphatic carbocycles. The fourth-order valence-corrected chi connectivity index (χ4v) is 2.65. The monoisotopic (exact) mass is 332 g/mol. The molecule has 1 aliphatic heterocycles. The summed E-state index contributed by atoms with van der Waals surface area (Å²) >= 11 is 0. The summed E-state index contributed by atoms with van der Waals surface area (Å²) in [5.41, 5.74) is 0.0286. The van der Waals surface area contributed by atoms with E-state index in [1.54, 1.807) is 6.07 Å². The Balaban J connectivity index is 1.72. The quantitative estimate of drug-likeness (QED) is 0.937. The SMILES string of the molecule is CC1CCN(c2cc(NC(=O)c3ccc(F)c(F)c3)ncn2)CC1. The largest absolute Gasteiger partial charge is 0.356 e. The van der Waals surface area contributed by atoms with Gasteiger partial charge in [-0.1, -0.05) is 6.92 Å². The molecular formula is C17H18F2N4O. The highest BCUT2D eigenvalue weighted by Gasteiger charge is 2.18. The molecule has 5 nitrogen and oxygen atoms in total. The normalized spacial score (nSPS) is 15.4. The summed E-state index contributed by atoms with van der Waals surface area (Å²) in [5, 5.41) is 2.59. The number of nitrogens with one attached hydrogen (secondary N) is 1. The summed E-state index contributed by atoms with van der Waals surface area (Å²) in [6.45, 7) is 4.05. The van der Waals surface area contributed by atoms with E-state index in [1.165, 1.54) is 12.4 Å². The predicted molar refractivity (Wildman–Crippen MR) is 87.0 cm³/mol. The van der Waals surface area contributed by atoms with Gasteiger partial charge < -0.3 is 10.2 Å². The van der Waals surface area contributed by atoms with Gasteiger partial charge in [0.2, 0.25) is 0 Å². The maximum absolute atomic E-state index is 13.2. The van der Waals surface area contributed by atoms with E-state index in [9.17, 15) is 13.6 Å². The van der Waals surface area contributed by atoms with Crippen molar-refractivity contribution in [2.24, 2.45) is 5.92 Å². The highest BCUT2D eigenvalue weighted by Crippen LogP contribution is 2.22. The molecule has 2 heterocycles. The molecule has 1 N–H and O–H groups in total. The number of carbonyl (C=O) groups excluding carboxylic acids is 1. The lowest BCUT2D eigenvalue weighted by molar-refractivity contribution is 0.102. The number of amides is 1. The Labute approximate surface area is 138 Å². The van der Waals surface area contributed by atoms with E-state index in [2.05, 4.69) is 27.1 Å². The van der Waals surface area contributed by atoms with Gasteiger partial charge in [-0.2, -0.15) is 0 Å². The van der Waals surface area contributed by atoms with Crippen molar-refractivity contribution in [3.8, 4) is 0 Å². The number of carbonyl (C=O) groups is 1. The zero-order valence-corrected chi connectivity index (χ0v) is 13.3. The molecule has 1 aliphatic rings. The molecule has 0 radical (unpaired) electrons. The number of benzene rings is 1. The number of aromatic nitrogens is 2. The van der Waals surface area contributed by atoms with E-state index in [-0.39, 0.29) is 5.56 Å². The third kappa shape index (κ3) is 3.67. The van der Waals surface area contributed by atoms with Gasteiger partial charge in [0.1, 0.15) is 18.0 Å². The number of hydrogen-bond donors (Lipinski definition) is 1. The second kappa shape index (κ2) is 6.90. The van der Waals surface area contributed by atoms with Crippen LogP contribution in [0.4, 0.5) is 20.4 Å². The Morgan fingerprint density at radius 3 is 2.62 bits per heavy atom. The molecule has 2 aromatic rings. The summed E-state index contributed by atoms with van der Waals surface area (Å²) in [7, 11) is 0. The average Bonchev–Trinajstić information content (AvgIpc) is 2.58. The summed E-state index contributed by atoms with van der Waals surface area (Å²) in [6.07, 6.45) is 3.58. The minimum absolute atomic E-state index is 0.0286. The third-order valence-corrected chi connectivity index (χ3v) is 4.18. The number of hydrogen-bond acceptors (Lipinski definition) is 4. The fraction of sp³-hybridized carbons (Fsp3) is 0.353. The molecule has 0 saturated carbocycles. The first-order valence-corrected chi connectivity index (χ1v) is 7.86. The zero-order chi connectivity index (χ0) is 17.1. The van der Waals surface area contributed by atoms with E-state index in [0.29, 0.717) is 11.7 Å². The Bertz CT molecular complexity index is 745. The van der Waals surface area contributed by atoms with E-state index < -0.39 is 17.5 Å². The molecule has 3 rings (SSSR count). The lowest BCUT2D eigenvalue weighted by atomic mass is 9.99. The fourth-order valence-electron chi connectivity index (χ4n) is 2.65. The topological polar surface area (TPSA) is 58.1 Å². The van der Waals surface area contributed by atoms with Crippen LogP contribution in [0.5, 0.6) is 0 Å². The highest BCUT2D eigenvalue weighted by molar-refractivity contribution is 6.03. The van der Waals surface area contributed by atoms with Crippen LogP contribution in [0.3, 0.4) is 0 Å². The number of rotatable bonds is 3. The first kappa shape index (κ1) is 16.3. The van der Waals surface area contributed by atoms with E-state index >= 15 is 0 Å². The lowest BCUT2D eigenvalue weighted by Gasteiger charge is -2.31. The van der Waals surface area contributed by atoms with Crippen molar-refractivity contribution < 1.29 is 13.6 Å². The van der Waals surface area contributed by atoms with Crippen LogP contribution < -0.4 is 10.2 Å². The first-order valence-electron chi connectivity index (χ1n) is 7.86. The molecule has 0 bridgehead atoms. The molecule has 1 fully saturated rings. The van der Waals surface area contributed by atoms with Crippen LogP contribution in [0.2, 0.25) is 0 Å². The molecular weight excluding hydrogens is 314 g/mol. The minimum Gasteiger partial charge on any atom is -0.356 e. The Morgan fingerprint density at radius 1 is 1.17 bits per heavy atom. The standard InChI is InChI=1S/C17H18F2N4O/c1-11-4-6-23(7-5-11)16-9-15(20-10-21-16)22-17(24)12-2-3-13(18)14(19)8-12/h2-3,8-11H,4-7H2,1H3,(H,20,21,22,24).